The van der Waals surface area contributed by atoms with Gasteiger partial charge in [0.15, 0.2) is 11.0 Å². The first kappa shape index (κ1) is 20.4. The summed E-state index contributed by atoms with van der Waals surface area (Å²) in [6.45, 7) is 1.99. The highest BCUT2D eigenvalue weighted by atomic mass is 35.5. The highest BCUT2D eigenvalue weighted by Crippen LogP contribution is 2.24. The van der Waals surface area contributed by atoms with Gasteiger partial charge in [0.05, 0.1) is 11.8 Å². The Labute approximate surface area is 184 Å². The summed E-state index contributed by atoms with van der Waals surface area (Å²) in [6.07, 6.45) is 0. The largest absolute Gasteiger partial charge is 0.349 e. The molecule has 0 radical (unpaired) electrons. The molecule has 1 heterocycles. The molecule has 1 amide bonds. The summed E-state index contributed by atoms with van der Waals surface area (Å²) in [6, 6.07) is 21.8. The van der Waals surface area contributed by atoms with Crippen LogP contribution in [0.25, 0.3) is 22.2 Å². The maximum atomic E-state index is 12.5. The molecule has 0 spiro atoms. The number of halogens is 1. The van der Waals surface area contributed by atoms with Crippen molar-refractivity contribution in [1.82, 2.24) is 20.1 Å². The molecule has 1 aromatic heterocycles. The van der Waals surface area contributed by atoms with Crippen LogP contribution in [0.15, 0.2) is 71.9 Å². The molecule has 1 unspecified atom stereocenters. The summed E-state index contributed by atoms with van der Waals surface area (Å²) < 4.78 is 1.88. The van der Waals surface area contributed by atoms with E-state index < -0.39 is 0 Å². The van der Waals surface area contributed by atoms with Gasteiger partial charge in [0.25, 0.3) is 0 Å². The van der Waals surface area contributed by atoms with Crippen molar-refractivity contribution < 1.29 is 4.79 Å². The maximum absolute atomic E-state index is 12.5. The van der Waals surface area contributed by atoms with Gasteiger partial charge in [-0.1, -0.05) is 59.8 Å². The van der Waals surface area contributed by atoms with Gasteiger partial charge in [-0.25, -0.2) is 0 Å². The van der Waals surface area contributed by atoms with Gasteiger partial charge in [-0.2, -0.15) is 0 Å². The monoisotopic (exact) mass is 436 g/mol. The first-order valence-corrected chi connectivity index (χ1v) is 10.9. The van der Waals surface area contributed by atoms with Crippen molar-refractivity contribution in [2.24, 2.45) is 7.05 Å². The van der Waals surface area contributed by atoms with Gasteiger partial charge in [0.1, 0.15) is 0 Å². The molecule has 30 heavy (non-hydrogen) atoms. The van der Waals surface area contributed by atoms with E-state index in [1.54, 1.807) is 0 Å². The van der Waals surface area contributed by atoms with Crippen molar-refractivity contribution in [2.75, 3.05) is 5.75 Å². The number of benzene rings is 3. The second kappa shape index (κ2) is 8.90. The van der Waals surface area contributed by atoms with E-state index in [2.05, 4.69) is 45.8 Å². The molecule has 0 bridgehead atoms. The smallest absolute Gasteiger partial charge is 0.230 e. The molecule has 1 N–H and O–H groups in total. The molecular formula is C23H21ClN4OS. The van der Waals surface area contributed by atoms with Gasteiger partial charge in [0, 0.05) is 17.6 Å². The molecule has 0 aliphatic carbocycles. The number of hydrogen-bond acceptors (Lipinski definition) is 4. The van der Waals surface area contributed by atoms with Gasteiger partial charge < -0.3 is 9.88 Å². The maximum Gasteiger partial charge on any atom is 0.230 e. The highest BCUT2D eigenvalue weighted by molar-refractivity contribution is 7.99. The lowest BCUT2D eigenvalue weighted by atomic mass is 10.0. The molecule has 4 rings (SSSR count). The minimum absolute atomic E-state index is 0.0447. The second-order valence-electron chi connectivity index (χ2n) is 7.06. The van der Waals surface area contributed by atoms with E-state index in [1.807, 2.05) is 54.9 Å². The lowest BCUT2D eigenvalue weighted by Crippen LogP contribution is -2.28. The topological polar surface area (TPSA) is 59.8 Å². The molecule has 4 aromatic rings. The molecule has 0 aliphatic heterocycles. The van der Waals surface area contributed by atoms with Crippen molar-refractivity contribution in [3.63, 3.8) is 0 Å². The van der Waals surface area contributed by atoms with E-state index in [-0.39, 0.29) is 17.7 Å². The Balaban J connectivity index is 1.38. The van der Waals surface area contributed by atoms with Crippen LogP contribution in [0.4, 0.5) is 0 Å². The zero-order valence-corrected chi connectivity index (χ0v) is 18.2. The number of hydrogen-bond donors (Lipinski definition) is 1. The molecule has 0 saturated heterocycles. The van der Waals surface area contributed by atoms with Crippen LogP contribution in [-0.4, -0.2) is 26.4 Å². The second-order valence-corrected chi connectivity index (χ2v) is 8.44. The Kier molecular flexibility index (Phi) is 6.06. The van der Waals surface area contributed by atoms with Gasteiger partial charge in [-0.05, 0) is 53.6 Å². The van der Waals surface area contributed by atoms with Crippen LogP contribution < -0.4 is 5.32 Å². The molecule has 3 aromatic carbocycles. The number of amides is 1. The van der Waals surface area contributed by atoms with Crippen LogP contribution >= 0.6 is 23.4 Å². The Morgan fingerprint density at radius 2 is 1.80 bits per heavy atom. The Bertz CT molecular complexity index is 1190. The van der Waals surface area contributed by atoms with Gasteiger partial charge in [-0.15, -0.1) is 10.2 Å². The normalized spacial score (nSPS) is 12.1. The molecule has 1 atom stereocenters. The summed E-state index contributed by atoms with van der Waals surface area (Å²) in [5.74, 6) is 0.959. The molecule has 0 fully saturated rings. The predicted molar refractivity (Wildman–Crippen MR) is 123 cm³/mol. The van der Waals surface area contributed by atoms with Crippen molar-refractivity contribution in [1.29, 1.82) is 0 Å². The number of aromatic nitrogens is 3. The van der Waals surface area contributed by atoms with Crippen LogP contribution in [0.1, 0.15) is 18.5 Å². The highest BCUT2D eigenvalue weighted by Gasteiger charge is 2.15. The Morgan fingerprint density at radius 1 is 1.07 bits per heavy atom. The average molecular weight is 437 g/mol. The number of rotatable bonds is 6. The number of carbonyl (C=O) groups is 1. The fourth-order valence-electron chi connectivity index (χ4n) is 3.26. The first-order chi connectivity index (χ1) is 14.5. The van der Waals surface area contributed by atoms with Crippen LogP contribution in [-0.2, 0) is 11.8 Å². The van der Waals surface area contributed by atoms with E-state index in [1.165, 1.54) is 22.5 Å². The molecule has 7 heteroatoms. The van der Waals surface area contributed by atoms with Gasteiger partial charge in [-0.3, -0.25) is 4.79 Å². The lowest BCUT2D eigenvalue weighted by Gasteiger charge is -2.15. The van der Waals surface area contributed by atoms with Crippen molar-refractivity contribution in [3.8, 4) is 11.4 Å². The minimum atomic E-state index is -0.0770. The van der Waals surface area contributed by atoms with Crippen molar-refractivity contribution in [2.45, 2.75) is 18.1 Å². The van der Waals surface area contributed by atoms with E-state index in [0.717, 1.165) is 17.0 Å². The summed E-state index contributed by atoms with van der Waals surface area (Å²) in [5.41, 5.74) is 2.01. The fourth-order valence-corrected chi connectivity index (χ4v) is 4.11. The van der Waals surface area contributed by atoms with E-state index in [9.17, 15) is 4.79 Å². The van der Waals surface area contributed by atoms with Crippen molar-refractivity contribution >= 4 is 40.0 Å². The van der Waals surface area contributed by atoms with Gasteiger partial charge >= 0.3 is 0 Å². The van der Waals surface area contributed by atoms with E-state index >= 15 is 0 Å². The number of nitrogens with zero attached hydrogens (tertiary/aromatic N) is 3. The third-order valence-electron chi connectivity index (χ3n) is 4.92. The zero-order valence-electron chi connectivity index (χ0n) is 16.7. The summed E-state index contributed by atoms with van der Waals surface area (Å²) in [5, 5.41) is 15.2. The molecular weight excluding hydrogens is 416 g/mol. The number of fused-ring (bicyclic) bond motifs is 1. The van der Waals surface area contributed by atoms with Gasteiger partial charge in [0.2, 0.25) is 5.91 Å². The lowest BCUT2D eigenvalue weighted by molar-refractivity contribution is -0.119. The first-order valence-electron chi connectivity index (χ1n) is 9.57. The van der Waals surface area contributed by atoms with Crippen LogP contribution in [0, 0.1) is 0 Å². The van der Waals surface area contributed by atoms with E-state index in [4.69, 9.17) is 11.6 Å². The quantitative estimate of drug-likeness (QED) is 0.419. The summed E-state index contributed by atoms with van der Waals surface area (Å²) in [4.78, 5) is 12.5. The third-order valence-corrected chi connectivity index (χ3v) is 6.19. The predicted octanol–water partition coefficient (Wildman–Crippen LogP) is 5.26. The molecule has 0 saturated carbocycles. The summed E-state index contributed by atoms with van der Waals surface area (Å²) >= 11 is 7.32. The minimum Gasteiger partial charge on any atom is -0.349 e. The van der Waals surface area contributed by atoms with Crippen LogP contribution in [0.5, 0.6) is 0 Å². The van der Waals surface area contributed by atoms with Crippen LogP contribution in [0.2, 0.25) is 5.02 Å². The Hall–Kier alpha value is -2.83. The van der Waals surface area contributed by atoms with Crippen LogP contribution in [0.3, 0.4) is 0 Å². The van der Waals surface area contributed by atoms with Crippen molar-refractivity contribution in [3.05, 3.63) is 77.3 Å². The zero-order chi connectivity index (χ0) is 21.1. The van der Waals surface area contributed by atoms with E-state index in [0.29, 0.717) is 10.2 Å². The molecule has 0 aliphatic rings. The fraction of sp³-hybridized carbons (Fsp3) is 0.174. The third kappa shape index (κ3) is 4.50. The molecule has 152 valence electrons. The standard InChI is InChI=1S/C23H21ClN4OS/c1-15(18-8-7-16-5-3-4-6-19(16)13-18)25-21(29)14-30-23-27-26-22(28(23)2)17-9-11-20(24)12-10-17/h3-13,15H,14H2,1-2H3,(H,25,29). The molecule has 5 nitrogen and oxygen atoms in total. The number of thioether (sulfide) groups is 1. The number of nitrogens with one attached hydrogen (secondary N) is 1. The number of carbonyl (C=O) groups excluding carboxylic acids is 1. The average Bonchev–Trinajstić information content (AvgIpc) is 3.12. The Morgan fingerprint density at radius 3 is 2.57 bits per heavy atom. The summed E-state index contributed by atoms with van der Waals surface area (Å²) in [7, 11) is 1.89. The SMILES string of the molecule is CC(NC(=O)CSc1nnc(-c2ccc(Cl)cc2)n1C)c1ccc2ccccc2c1.